The second-order valence-corrected chi connectivity index (χ2v) is 9.88. The van der Waals surface area contributed by atoms with E-state index in [1.54, 1.807) is 36.1 Å². The minimum atomic E-state index is -0.609. The molecule has 38 heavy (non-hydrogen) atoms. The van der Waals surface area contributed by atoms with Crippen LogP contribution in [0.1, 0.15) is 40.1 Å². The van der Waals surface area contributed by atoms with Crippen LogP contribution < -0.4 is 14.2 Å². The predicted octanol–water partition coefficient (Wildman–Crippen LogP) is 4.29. The van der Waals surface area contributed by atoms with Crippen molar-refractivity contribution in [3.63, 3.8) is 0 Å². The predicted molar refractivity (Wildman–Crippen MR) is 141 cm³/mol. The molecule has 6 rings (SSSR count). The van der Waals surface area contributed by atoms with Gasteiger partial charge in [-0.15, -0.1) is 0 Å². The van der Waals surface area contributed by atoms with Crippen molar-refractivity contribution in [2.45, 2.75) is 24.9 Å². The number of carbonyl (C=O) groups is 2. The number of Topliss-reactive ketones (excluding diaryl/α,β-unsaturated/α-hetero) is 1. The number of benzene rings is 2. The Morgan fingerprint density at radius 2 is 1.84 bits per heavy atom. The van der Waals surface area contributed by atoms with Gasteiger partial charge in [0, 0.05) is 56.2 Å². The molecular weight excluding hydrogens is 484 g/mol. The summed E-state index contributed by atoms with van der Waals surface area (Å²) in [6.45, 7) is 0.944. The molecule has 2 aliphatic heterocycles. The number of ketones is 1. The molecule has 9 heteroatoms. The minimum absolute atomic E-state index is 0.0631. The lowest BCUT2D eigenvalue weighted by molar-refractivity contribution is -0.00583. The average molecular weight is 513 g/mol. The number of rotatable bonds is 4. The van der Waals surface area contributed by atoms with Crippen molar-refractivity contribution in [1.29, 1.82) is 0 Å². The number of aromatic nitrogens is 3. The highest BCUT2D eigenvalue weighted by molar-refractivity contribution is 6.01. The Bertz CT molecular complexity index is 1570. The van der Waals surface area contributed by atoms with Gasteiger partial charge in [-0.25, -0.2) is 4.98 Å². The van der Waals surface area contributed by atoms with Gasteiger partial charge in [-0.1, -0.05) is 6.07 Å². The number of piperidine rings is 1. The van der Waals surface area contributed by atoms with E-state index in [1.165, 1.54) is 0 Å². The van der Waals surface area contributed by atoms with Crippen molar-refractivity contribution in [3.05, 3.63) is 66.1 Å². The Hall–Kier alpha value is -4.40. The third-order valence-corrected chi connectivity index (χ3v) is 7.51. The van der Waals surface area contributed by atoms with Crippen LogP contribution in [0.15, 0.2) is 54.9 Å². The lowest BCUT2D eigenvalue weighted by atomic mass is 9.82. The zero-order chi connectivity index (χ0) is 26.4. The zero-order valence-corrected chi connectivity index (χ0v) is 21.6. The van der Waals surface area contributed by atoms with Crippen molar-refractivity contribution in [2.24, 2.45) is 7.05 Å². The molecule has 2 aromatic carbocycles. The number of pyridine rings is 1. The van der Waals surface area contributed by atoms with Gasteiger partial charge in [0.15, 0.2) is 5.78 Å². The first-order valence-corrected chi connectivity index (χ1v) is 12.6. The van der Waals surface area contributed by atoms with Gasteiger partial charge < -0.3 is 19.1 Å². The first-order valence-electron chi connectivity index (χ1n) is 12.6. The molecule has 0 radical (unpaired) electrons. The van der Waals surface area contributed by atoms with Crippen LogP contribution in [0.4, 0.5) is 0 Å². The van der Waals surface area contributed by atoms with Crippen LogP contribution in [0.25, 0.3) is 22.0 Å². The van der Waals surface area contributed by atoms with Crippen LogP contribution in [0.5, 0.6) is 17.2 Å². The maximum atomic E-state index is 13.4. The van der Waals surface area contributed by atoms with E-state index in [0.717, 1.165) is 16.5 Å². The Kier molecular flexibility index (Phi) is 5.78. The van der Waals surface area contributed by atoms with Gasteiger partial charge in [0.2, 0.25) is 0 Å². The van der Waals surface area contributed by atoms with E-state index in [2.05, 4.69) is 10.1 Å². The molecule has 0 atom stereocenters. The van der Waals surface area contributed by atoms with Gasteiger partial charge in [-0.05, 0) is 35.9 Å². The SMILES string of the molecule is COc1ccc2nc(C(=O)N3CCC4(CC3)CC(=O)c3cc(-c5cnn(C)c5)ccc3O4)cc(OC)c2c1. The van der Waals surface area contributed by atoms with Gasteiger partial charge in [-0.2, -0.15) is 5.10 Å². The lowest BCUT2D eigenvalue weighted by Crippen LogP contribution is -2.52. The number of likely N-dealkylation sites (tertiary alicyclic amines) is 1. The monoisotopic (exact) mass is 512 g/mol. The molecule has 0 N–H and O–H groups in total. The molecule has 2 aromatic heterocycles. The van der Waals surface area contributed by atoms with E-state index in [-0.39, 0.29) is 11.7 Å². The number of ether oxygens (including phenoxy) is 3. The van der Waals surface area contributed by atoms with Crippen molar-refractivity contribution < 1.29 is 23.8 Å². The summed E-state index contributed by atoms with van der Waals surface area (Å²) in [6.07, 6.45) is 5.12. The summed E-state index contributed by atoms with van der Waals surface area (Å²) >= 11 is 0. The Morgan fingerprint density at radius 3 is 2.55 bits per heavy atom. The molecule has 1 spiro atoms. The standard InChI is InChI=1S/C29H28N4O5/c1-32-17-19(16-30-32)18-4-7-26-22(12-18)25(34)15-29(38-26)8-10-33(11-9-29)28(35)24-14-27(37-3)21-13-20(36-2)5-6-23(21)31-24/h4-7,12-14,16-17H,8-11,15H2,1-3H3. The topological polar surface area (TPSA) is 95.8 Å². The normalized spacial score (nSPS) is 16.3. The summed E-state index contributed by atoms with van der Waals surface area (Å²) in [6, 6.07) is 12.8. The highest BCUT2D eigenvalue weighted by atomic mass is 16.5. The van der Waals surface area contributed by atoms with Crippen molar-refractivity contribution in [2.75, 3.05) is 27.3 Å². The van der Waals surface area contributed by atoms with Gasteiger partial charge in [0.1, 0.15) is 28.5 Å². The van der Waals surface area contributed by atoms with E-state index >= 15 is 0 Å². The second kappa shape index (κ2) is 9.16. The number of fused-ring (bicyclic) bond motifs is 2. The number of amides is 1. The van der Waals surface area contributed by atoms with Crippen LogP contribution in [-0.4, -0.2) is 64.3 Å². The smallest absolute Gasteiger partial charge is 0.272 e. The number of carbonyl (C=O) groups excluding carboxylic acids is 2. The maximum absolute atomic E-state index is 13.4. The second-order valence-electron chi connectivity index (χ2n) is 9.88. The summed E-state index contributed by atoms with van der Waals surface area (Å²) in [5, 5.41) is 5.00. The van der Waals surface area contributed by atoms with E-state index in [9.17, 15) is 9.59 Å². The molecule has 1 amide bonds. The van der Waals surface area contributed by atoms with E-state index in [4.69, 9.17) is 14.2 Å². The zero-order valence-electron chi connectivity index (χ0n) is 21.6. The fourth-order valence-electron chi connectivity index (χ4n) is 5.38. The molecule has 9 nitrogen and oxygen atoms in total. The maximum Gasteiger partial charge on any atom is 0.272 e. The minimum Gasteiger partial charge on any atom is -0.497 e. The molecule has 1 saturated heterocycles. The summed E-state index contributed by atoms with van der Waals surface area (Å²) in [7, 11) is 5.03. The molecule has 1 fully saturated rings. The fourth-order valence-corrected chi connectivity index (χ4v) is 5.38. The van der Waals surface area contributed by atoms with Gasteiger partial charge in [0.25, 0.3) is 5.91 Å². The molecule has 4 heterocycles. The van der Waals surface area contributed by atoms with Gasteiger partial charge in [0.05, 0.1) is 37.9 Å². The fraction of sp³-hybridized carbons (Fsp3) is 0.310. The summed E-state index contributed by atoms with van der Waals surface area (Å²) < 4.78 is 19.0. The molecular formula is C29H28N4O5. The number of nitrogens with zero attached hydrogens (tertiary/aromatic N) is 4. The molecule has 0 unspecified atom stereocenters. The average Bonchev–Trinajstić information content (AvgIpc) is 3.38. The Labute approximate surface area is 219 Å². The molecule has 194 valence electrons. The third kappa shape index (κ3) is 4.13. The van der Waals surface area contributed by atoms with Crippen molar-refractivity contribution in [1.82, 2.24) is 19.7 Å². The molecule has 0 aliphatic carbocycles. The summed E-state index contributed by atoms with van der Waals surface area (Å²) in [5.41, 5.74) is 2.85. The summed E-state index contributed by atoms with van der Waals surface area (Å²) in [5.74, 6) is 1.75. The molecule has 0 bridgehead atoms. The molecule has 4 aromatic rings. The van der Waals surface area contributed by atoms with Crippen molar-refractivity contribution >= 4 is 22.6 Å². The first kappa shape index (κ1) is 24.0. The number of hydrogen-bond donors (Lipinski definition) is 0. The van der Waals surface area contributed by atoms with Gasteiger partial charge in [-0.3, -0.25) is 14.3 Å². The van der Waals surface area contributed by atoms with Crippen LogP contribution in [0.2, 0.25) is 0 Å². The largest absolute Gasteiger partial charge is 0.497 e. The Balaban J connectivity index is 1.19. The quantitative estimate of drug-likeness (QED) is 0.402. The molecule has 2 aliphatic rings. The van der Waals surface area contributed by atoms with Crippen LogP contribution >= 0.6 is 0 Å². The number of aryl methyl sites for hydroxylation is 1. The summed E-state index contributed by atoms with van der Waals surface area (Å²) in [4.78, 5) is 33.0. The van der Waals surface area contributed by atoms with Crippen LogP contribution in [0.3, 0.4) is 0 Å². The van der Waals surface area contributed by atoms with Crippen LogP contribution in [-0.2, 0) is 7.05 Å². The van der Waals surface area contributed by atoms with E-state index < -0.39 is 5.60 Å². The van der Waals surface area contributed by atoms with Crippen LogP contribution in [0, 0.1) is 0 Å². The van der Waals surface area contributed by atoms with Gasteiger partial charge >= 0.3 is 0 Å². The Morgan fingerprint density at radius 1 is 1.03 bits per heavy atom. The number of methoxy groups -OCH3 is 2. The highest BCUT2D eigenvalue weighted by Crippen LogP contribution is 2.41. The molecule has 0 saturated carbocycles. The highest BCUT2D eigenvalue weighted by Gasteiger charge is 2.44. The van der Waals surface area contributed by atoms with E-state index in [0.29, 0.717) is 66.4 Å². The van der Waals surface area contributed by atoms with Crippen molar-refractivity contribution in [3.8, 4) is 28.4 Å². The lowest BCUT2D eigenvalue weighted by Gasteiger charge is -2.44. The number of hydrogen-bond acceptors (Lipinski definition) is 7. The third-order valence-electron chi connectivity index (χ3n) is 7.51. The first-order chi connectivity index (χ1) is 18.4. The van der Waals surface area contributed by atoms with E-state index in [1.807, 2.05) is 49.6 Å².